The van der Waals surface area contributed by atoms with Gasteiger partial charge < -0.3 is 9.64 Å². The van der Waals surface area contributed by atoms with Crippen molar-refractivity contribution in [1.29, 1.82) is 0 Å². The maximum atomic E-state index is 11.4. The quantitative estimate of drug-likeness (QED) is 0.475. The van der Waals surface area contributed by atoms with Crippen LogP contribution in [0.5, 0.6) is 0 Å². The Labute approximate surface area is 109 Å². The third-order valence-corrected chi connectivity index (χ3v) is 2.80. The predicted molar refractivity (Wildman–Crippen MR) is 69.6 cm³/mol. The molecule has 92 valence electrons. The average Bonchev–Trinajstić information content (AvgIpc) is 2.34. The van der Waals surface area contributed by atoms with Gasteiger partial charge in [-0.2, -0.15) is 0 Å². The number of benzene rings is 1. The van der Waals surface area contributed by atoms with Crippen LogP contribution in [0.3, 0.4) is 0 Å². The van der Waals surface area contributed by atoms with Crippen LogP contribution in [-0.4, -0.2) is 30.9 Å². The number of esters is 1. The van der Waals surface area contributed by atoms with Crippen LogP contribution < -0.4 is 4.90 Å². The molecule has 1 aromatic carbocycles. The molecule has 4 nitrogen and oxygen atoms in total. The smallest absolute Gasteiger partial charge is 0.337 e. The summed E-state index contributed by atoms with van der Waals surface area (Å²) in [7, 11) is 1.34. The molecule has 5 heteroatoms. The van der Waals surface area contributed by atoms with Crippen LogP contribution in [0.4, 0.5) is 5.69 Å². The van der Waals surface area contributed by atoms with E-state index in [2.05, 4.69) is 20.7 Å². The fraction of sp³-hybridized carbons (Fsp3) is 0.333. The number of ketones is 1. The van der Waals surface area contributed by atoms with E-state index >= 15 is 0 Å². The maximum absolute atomic E-state index is 11.4. The molecule has 0 spiro atoms. The number of carbonyl (C=O) groups excluding carboxylic acids is 2. The van der Waals surface area contributed by atoms with E-state index in [1.807, 2.05) is 11.0 Å². The van der Waals surface area contributed by atoms with Crippen molar-refractivity contribution in [3.8, 4) is 0 Å². The van der Waals surface area contributed by atoms with Crippen molar-refractivity contribution in [2.75, 3.05) is 24.0 Å². The summed E-state index contributed by atoms with van der Waals surface area (Å²) in [5, 5.41) is 0. The molecular weight excluding hydrogens is 286 g/mol. The van der Waals surface area contributed by atoms with Crippen molar-refractivity contribution < 1.29 is 14.3 Å². The van der Waals surface area contributed by atoms with E-state index in [0.717, 1.165) is 5.69 Å². The zero-order valence-electron chi connectivity index (χ0n) is 9.77. The highest BCUT2D eigenvalue weighted by Gasteiger charge is 2.11. The molecule has 0 atom stereocenters. The lowest BCUT2D eigenvalue weighted by Crippen LogP contribution is -2.27. The van der Waals surface area contributed by atoms with Crippen molar-refractivity contribution >= 4 is 33.4 Å². The van der Waals surface area contributed by atoms with Crippen LogP contribution in [0.2, 0.25) is 0 Å². The van der Waals surface area contributed by atoms with Crippen LogP contribution >= 0.6 is 15.9 Å². The summed E-state index contributed by atoms with van der Waals surface area (Å²) in [4.78, 5) is 24.3. The Bertz CT molecular complexity index is 420. The number of hydrogen-bond acceptors (Lipinski definition) is 4. The summed E-state index contributed by atoms with van der Waals surface area (Å²) in [5.41, 5.74) is 1.80. The van der Waals surface area contributed by atoms with Gasteiger partial charge in [0.15, 0.2) is 0 Å². The summed E-state index contributed by atoms with van der Waals surface area (Å²) in [6, 6.07) is 6.99. The number of alkyl halides is 1. The summed E-state index contributed by atoms with van der Waals surface area (Å²) >= 11 is 3.32. The van der Waals surface area contributed by atoms with E-state index in [4.69, 9.17) is 0 Å². The molecule has 0 bridgehead atoms. The average molecular weight is 300 g/mol. The third-order valence-electron chi connectivity index (χ3n) is 2.19. The number of halogens is 1. The molecule has 0 aromatic heterocycles. The Kier molecular flexibility index (Phi) is 5.15. The fourth-order valence-corrected chi connectivity index (χ4v) is 1.89. The number of ether oxygens (including phenoxy) is 1. The van der Waals surface area contributed by atoms with Gasteiger partial charge in [-0.25, -0.2) is 4.79 Å². The van der Waals surface area contributed by atoms with Gasteiger partial charge in [0.2, 0.25) is 0 Å². The number of Topliss-reactive ketones (excluding diaryl/α,β-unsaturated/α-hetero) is 1. The first kappa shape index (κ1) is 13.7. The Morgan fingerprint density at radius 1 is 1.41 bits per heavy atom. The van der Waals surface area contributed by atoms with Crippen LogP contribution in [0.1, 0.15) is 17.3 Å². The summed E-state index contributed by atoms with van der Waals surface area (Å²) in [6.07, 6.45) is 0. The summed E-state index contributed by atoms with van der Waals surface area (Å²) in [6.45, 7) is 1.83. The lowest BCUT2D eigenvalue weighted by Gasteiger charge is -2.20. The molecule has 0 heterocycles. The molecule has 0 saturated carbocycles. The first-order valence-corrected chi connectivity index (χ1v) is 6.19. The van der Waals surface area contributed by atoms with Gasteiger partial charge in [-0.15, -0.1) is 0 Å². The molecule has 17 heavy (non-hydrogen) atoms. The highest BCUT2D eigenvalue weighted by Crippen LogP contribution is 2.17. The van der Waals surface area contributed by atoms with Gasteiger partial charge >= 0.3 is 5.97 Å². The van der Waals surface area contributed by atoms with E-state index < -0.39 is 0 Å². The van der Waals surface area contributed by atoms with Crippen molar-refractivity contribution in [2.24, 2.45) is 0 Å². The molecule has 0 aliphatic rings. The first-order valence-electron chi connectivity index (χ1n) is 5.07. The first-order chi connectivity index (χ1) is 8.08. The molecule has 0 unspecified atom stereocenters. The minimum Gasteiger partial charge on any atom is -0.465 e. The largest absolute Gasteiger partial charge is 0.465 e. The van der Waals surface area contributed by atoms with Crippen molar-refractivity contribution in [1.82, 2.24) is 0 Å². The monoisotopic (exact) mass is 299 g/mol. The number of nitrogens with zero attached hydrogens (tertiary/aromatic N) is 1. The molecule has 0 amide bonds. The second-order valence-electron chi connectivity index (χ2n) is 3.56. The third kappa shape index (κ3) is 3.85. The van der Waals surface area contributed by atoms with E-state index in [9.17, 15) is 9.59 Å². The Hall–Kier alpha value is -1.36. The minimum atomic E-state index is -0.385. The Morgan fingerprint density at radius 3 is 2.65 bits per heavy atom. The molecule has 0 radical (unpaired) electrons. The molecule has 0 aliphatic carbocycles. The molecule has 1 aromatic rings. The van der Waals surface area contributed by atoms with Gasteiger partial charge in [0.1, 0.15) is 5.78 Å². The zero-order valence-corrected chi connectivity index (χ0v) is 11.4. The van der Waals surface area contributed by atoms with Crippen LogP contribution in [-0.2, 0) is 9.53 Å². The van der Waals surface area contributed by atoms with Gasteiger partial charge in [-0.3, -0.25) is 4.79 Å². The topological polar surface area (TPSA) is 46.6 Å². The van der Waals surface area contributed by atoms with Crippen LogP contribution in [0.15, 0.2) is 24.3 Å². The molecule has 0 N–H and O–H groups in total. The Balaban J connectivity index is 2.96. The second kappa shape index (κ2) is 6.39. The maximum Gasteiger partial charge on any atom is 0.337 e. The van der Waals surface area contributed by atoms with Gasteiger partial charge in [0, 0.05) is 5.69 Å². The van der Waals surface area contributed by atoms with E-state index in [1.54, 1.807) is 18.2 Å². The highest BCUT2D eigenvalue weighted by atomic mass is 79.9. The number of hydrogen-bond donors (Lipinski definition) is 0. The zero-order chi connectivity index (χ0) is 12.8. The minimum absolute atomic E-state index is 0.0629. The predicted octanol–water partition coefficient (Wildman–Crippen LogP) is 2.22. The van der Waals surface area contributed by atoms with Crippen molar-refractivity contribution in [2.45, 2.75) is 6.92 Å². The van der Waals surface area contributed by atoms with Gasteiger partial charge in [0.25, 0.3) is 0 Å². The lowest BCUT2D eigenvalue weighted by atomic mass is 10.2. The second-order valence-corrected chi connectivity index (χ2v) is 4.06. The normalized spacial score (nSPS) is 9.82. The summed E-state index contributed by atoms with van der Waals surface area (Å²) in [5.74, 6) is -0.322. The van der Waals surface area contributed by atoms with E-state index in [-0.39, 0.29) is 11.8 Å². The standard InChI is InChI=1S/C12H14BrNO3/c1-9(15)7-14(8-13)11-5-3-4-10(6-11)12(16)17-2/h3-6H,7-8H2,1-2H3. The Morgan fingerprint density at radius 2 is 2.12 bits per heavy atom. The van der Waals surface area contributed by atoms with Gasteiger partial charge in [-0.05, 0) is 25.1 Å². The molecule has 0 aliphatic heterocycles. The molecule has 0 saturated heterocycles. The molecule has 0 fully saturated rings. The van der Waals surface area contributed by atoms with E-state index in [0.29, 0.717) is 17.6 Å². The summed E-state index contributed by atoms with van der Waals surface area (Å²) < 4.78 is 4.65. The highest BCUT2D eigenvalue weighted by molar-refractivity contribution is 9.09. The molecular formula is C12H14BrNO3. The number of rotatable bonds is 5. The van der Waals surface area contributed by atoms with Gasteiger partial charge in [-0.1, -0.05) is 22.0 Å². The van der Waals surface area contributed by atoms with Crippen LogP contribution in [0.25, 0.3) is 0 Å². The fourth-order valence-electron chi connectivity index (χ4n) is 1.42. The molecule has 1 rings (SSSR count). The van der Waals surface area contributed by atoms with Gasteiger partial charge in [0.05, 0.1) is 24.7 Å². The number of carbonyl (C=O) groups is 2. The van der Waals surface area contributed by atoms with Crippen molar-refractivity contribution in [3.05, 3.63) is 29.8 Å². The number of anilines is 1. The van der Waals surface area contributed by atoms with E-state index in [1.165, 1.54) is 14.0 Å². The lowest BCUT2D eigenvalue weighted by molar-refractivity contribution is -0.115. The van der Waals surface area contributed by atoms with Crippen molar-refractivity contribution in [3.63, 3.8) is 0 Å². The SMILES string of the molecule is COC(=O)c1cccc(N(CBr)CC(C)=O)c1. The number of methoxy groups -OCH3 is 1. The van der Waals surface area contributed by atoms with Crippen LogP contribution in [0, 0.1) is 0 Å².